The Morgan fingerprint density at radius 2 is 2.05 bits per heavy atom. The molecule has 0 radical (unpaired) electrons. The minimum Gasteiger partial charge on any atom is -0.385 e. The molecule has 1 aromatic rings. The molecule has 20 heavy (non-hydrogen) atoms. The molecular weight excluding hydrogens is 256 g/mol. The Balaban J connectivity index is 2.56. The van der Waals surface area contributed by atoms with Gasteiger partial charge in [0, 0.05) is 34.4 Å². The number of rotatable bonds is 7. The smallest absolute Gasteiger partial charge is 0.273 e. The van der Waals surface area contributed by atoms with Gasteiger partial charge in [0.1, 0.15) is 5.82 Å². The van der Waals surface area contributed by atoms with E-state index in [2.05, 4.69) is 29.4 Å². The predicted octanol–water partition coefficient (Wildman–Crippen LogP) is 1.65. The highest BCUT2D eigenvalue weighted by Crippen LogP contribution is 2.20. The van der Waals surface area contributed by atoms with Crippen LogP contribution in [0.3, 0.4) is 0 Å². The molecule has 6 nitrogen and oxygen atoms in total. The van der Waals surface area contributed by atoms with Crippen molar-refractivity contribution < 1.29 is 9.53 Å². The lowest BCUT2D eigenvalue weighted by Crippen LogP contribution is -2.26. The van der Waals surface area contributed by atoms with Crippen LogP contribution in [0, 0.1) is 5.41 Å². The van der Waals surface area contributed by atoms with Crippen LogP contribution in [0.1, 0.15) is 30.8 Å². The lowest BCUT2D eigenvalue weighted by molar-refractivity contribution is 0.0821. The zero-order valence-corrected chi connectivity index (χ0v) is 12.9. The number of aromatic nitrogens is 2. The third-order valence-corrected chi connectivity index (χ3v) is 3.02. The van der Waals surface area contributed by atoms with E-state index >= 15 is 0 Å². The Morgan fingerprint density at radius 1 is 1.35 bits per heavy atom. The molecule has 0 atom stereocenters. The Morgan fingerprint density at radius 3 is 2.55 bits per heavy atom. The van der Waals surface area contributed by atoms with Crippen LogP contribution >= 0.6 is 0 Å². The van der Waals surface area contributed by atoms with E-state index in [9.17, 15) is 4.79 Å². The van der Waals surface area contributed by atoms with E-state index < -0.39 is 0 Å². The molecule has 112 valence electrons. The van der Waals surface area contributed by atoms with Crippen LogP contribution in [0.5, 0.6) is 0 Å². The number of hydrogen-bond donors (Lipinski definition) is 1. The van der Waals surface area contributed by atoms with Crippen molar-refractivity contribution in [3.8, 4) is 0 Å². The maximum atomic E-state index is 11.7. The molecule has 0 bridgehead atoms. The molecule has 1 aromatic heterocycles. The number of ether oxygens (including phenoxy) is 1. The standard InChI is InChI=1S/C14H24N4O2/c1-14(2,8-9-20-5)10-15-12-7-6-11(16-17-12)13(19)18(3)4/h6-7H,8-10H2,1-5H3,(H,15,17). The van der Waals surface area contributed by atoms with Crippen LogP contribution in [0.2, 0.25) is 0 Å². The van der Waals surface area contributed by atoms with E-state index in [1.165, 1.54) is 4.90 Å². The molecule has 1 heterocycles. The average molecular weight is 280 g/mol. The first-order valence-electron chi connectivity index (χ1n) is 6.64. The first-order chi connectivity index (χ1) is 9.35. The molecule has 0 saturated carbocycles. The van der Waals surface area contributed by atoms with Crippen molar-refractivity contribution in [2.75, 3.05) is 39.7 Å². The van der Waals surface area contributed by atoms with Crippen LogP contribution in [-0.4, -0.2) is 55.4 Å². The maximum absolute atomic E-state index is 11.7. The van der Waals surface area contributed by atoms with Crippen molar-refractivity contribution in [3.05, 3.63) is 17.8 Å². The lowest BCUT2D eigenvalue weighted by atomic mass is 9.90. The van der Waals surface area contributed by atoms with E-state index in [0.717, 1.165) is 19.6 Å². The summed E-state index contributed by atoms with van der Waals surface area (Å²) in [5.74, 6) is 0.523. The number of hydrogen-bond acceptors (Lipinski definition) is 5. The third-order valence-electron chi connectivity index (χ3n) is 3.02. The van der Waals surface area contributed by atoms with Crippen molar-refractivity contribution in [1.29, 1.82) is 0 Å². The summed E-state index contributed by atoms with van der Waals surface area (Å²) in [6, 6.07) is 3.45. The normalized spacial score (nSPS) is 11.2. The largest absolute Gasteiger partial charge is 0.385 e. The Hall–Kier alpha value is -1.69. The van der Waals surface area contributed by atoms with E-state index in [1.807, 2.05) is 0 Å². The monoisotopic (exact) mass is 280 g/mol. The molecule has 0 fully saturated rings. The van der Waals surface area contributed by atoms with Crippen LogP contribution < -0.4 is 5.32 Å². The fraction of sp³-hybridized carbons (Fsp3) is 0.643. The van der Waals surface area contributed by atoms with Crippen LogP contribution in [0.25, 0.3) is 0 Å². The summed E-state index contributed by atoms with van der Waals surface area (Å²) in [5.41, 5.74) is 0.453. The molecule has 0 aliphatic heterocycles. The summed E-state index contributed by atoms with van der Waals surface area (Å²) < 4.78 is 5.10. The molecule has 0 saturated heterocycles. The van der Waals surface area contributed by atoms with Gasteiger partial charge in [-0.15, -0.1) is 10.2 Å². The number of carbonyl (C=O) groups is 1. The van der Waals surface area contributed by atoms with Crippen LogP contribution in [0.15, 0.2) is 12.1 Å². The maximum Gasteiger partial charge on any atom is 0.273 e. The minimum atomic E-state index is -0.149. The first kappa shape index (κ1) is 16.4. The second-order valence-electron chi connectivity index (χ2n) is 5.76. The number of anilines is 1. The SMILES string of the molecule is COCCC(C)(C)CNc1ccc(C(=O)N(C)C)nn1. The minimum absolute atomic E-state index is 0.107. The lowest BCUT2D eigenvalue weighted by Gasteiger charge is -2.24. The van der Waals surface area contributed by atoms with Gasteiger partial charge in [-0.1, -0.05) is 13.8 Å². The van der Waals surface area contributed by atoms with E-state index in [0.29, 0.717) is 11.5 Å². The molecule has 0 spiro atoms. The van der Waals surface area contributed by atoms with Crippen molar-refractivity contribution in [2.45, 2.75) is 20.3 Å². The van der Waals surface area contributed by atoms with E-state index in [-0.39, 0.29) is 11.3 Å². The van der Waals surface area contributed by atoms with Gasteiger partial charge in [-0.05, 0) is 24.0 Å². The number of methoxy groups -OCH3 is 1. The predicted molar refractivity (Wildman–Crippen MR) is 78.8 cm³/mol. The highest BCUT2D eigenvalue weighted by atomic mass is 16.5. The third kappa shape index (κ3) is 5.13. The molecule has 6 heteroatoms. The summed E-state index contributed by atoms with van der Waals surface area (Å²) in [7, 11) is 5.08. The summed E-state index contributed by atoms with van der Waals surface area (Å²) >= 11 is 0. The molecule has 0 aromatic carbocycles. The topological polar surface area (TPSA) is 67.3 Å². The Labute approximate surface area is 120 Å². The number of amides is 1. The molecule has 1 rings (SSSR count). The highest BCUT2D eigenvalue weighted by Gasteiger charge is 2.17. The second kappa shape index (κ2) is 7.19. The summed E-state index contributed by atoms with van der Waals surface area (Å²) in [6.45, 7) is 5.83. The number of nitrogens with one attached hydrogen (secondary N) is 1. The Bertz CT molecular complexity index is 429. The van der Waals surface area contributed by atoms with Gasteiger partial charge in [0.2, 0.25) is 0 Å². The van der Waals surface area contributed by atoms with Gasteiger partial charge in [0.15, 0.2) is 5.69 Å². The number of carbonyl (C=O) groups excluding carboxylic acids is 1. The molecule has 1 amide bonds. The number of nitrogens with zero attached hydrogens (tertiary/aromatic N) is 3. The molecular formula is C14H24N4O2. The summed E-state index contributed by atoms with van der Waals surface area (Å²) in [6.07, 6.45) is 0.959. The van der Waals surface area contributed by atoms with Gasteiger partial charge in [0.05, 0.1) is 0 Å². The fourth-order valence-corrected chi connectivity index (χ4v) is 1.57. The summed E-state index contributed by atoms with van der Waals surface area (Å²) in [4.78, 5) is 13.2. The molecule has 0 aliphatic rings. The summed E-state index contributed by atoms with van der Waals surface area (Å²) in [5, 5.41) is 11.2. The molecule has 1 N–H and O–H groups in total. The van der Waals surface area contributed by atoms with Crippen molar-refractivity contribution >= 4 is 11.7 Å². The molecule has 0 unspecified atom stereocenters. The zero-order valence-electron chi connectivity index (χ0n) is 12.9. The van der Waals surface area contributed by atoms with Gasteiger partial charge in [-0.2, -0.15) is 0 Å². The van der Waals surface area contributed by atoms with E-state index in [1.54, 1.807) is 33.3 Å². The molecule has 0 aliphatic carbocycles. The highest BCUT2D eigenvalue weighted by molar-refractivity contribution is 5.91. The van der Waals surface area contributed by atoms with Gasteiger partial charge < -0.3 is 15.0 Å². The van der Waals surface area contributed by atoms with Crippen LogP contribution in [0.4, 0.5) is 5.82 Å². The van der Waals surface area contributed by atoms with Gasteiger partial charge in [0.25, 0.3) is 5.91 Å². The van der Waals surface area contributed by atoms with E-state index in [4.69, 9.17) is 4.74 Å². The van der Waals surface area contributed by atoms with Gasteiger partial charge in [-0.25, -0.2) is 0 Å². The average Bonchev–Trinajstić information content (AvgIpc) is 2.43. The quantitative estimate of drug-likeness (QED) is 0.822. The van der Waals surface area contributed by atoms with Crippen molar-refractivity contribution in [2.24, 2.45) is 5.41 Å². The van der Waals surface area contributed by atoms with Crippen molar-refractivity contribution in [1.82, 2.24) is 15.1 Å². The van der Waals surface area contributed by atoms with Crippen LogP contribution in [-0.2, 0) is 4.74 Å². The zero-order chi connectivity index (χ0) is 15.2. The first-order valence-corrected chi connectivity index (χ1v) is 6.64. The fourth-order valence-electron chi connectivity index (χ4n) is 1.57. The van der Waals surface area contributed by atoms with Gasteiger partial charge >= 0.3 is 0 Å². The Kier molecular flexibility index (Phi) is 5.88. The van der Waals surface area contributed by atoms with Crippen molar-refractivity contribution in [3.63, 3.8) is 0 Å². The second-order valence-corrected chi connectivity index (χ2v) is 5.76. The van der Waals surface area contributed by atoms with Gasteiger partial charge in [-0.3, -0.25) is 4.79 Å².